The van der Waals surface area contributed by atoms with Crippen molar-refractivity contribution in [1.82, 2.24) is 0 Å². The lowest BCUT2D eigenvalue weighted by Crippen LogP contribution is -2.13. The van der Waals surface area contributed by atoms with Crippen molar-refractivity contribution in [1.29, 1.82) is 0 Å². The van der Waals surface area contributed by atoms with Gasteiger partial charge in [0.05, 0.1) is 23.5 Å². The average molecular weight is 327 g/mol. The first kappa shape index (κ1) is 15.5. The van der Waals surface area contributed by atoms with E-state index < -0.39 is 10.0 Å². The molecule has 0 spiro atoms. The number of rotatable bonds is 4. The first-order valence-corrected chi connectivity index (χ1v) is 7.92. The largest absolute Gasteiger partial charge is 0.495 e. The number of benzene rings is 2. The third-order valence-corrected chi connectivity index (χ3v) is 4.73. The quantitative estimate of drug-likeness (QED) is 0.846. The maximum atomic E-state index is 12.4. The fraction of sp³-hybridized carbons (Fsp3) is 0.143. The Morgan fingerprint density at radius 1 is 1.19 bits per heavy atom. The Hall–Kier alpha value is -1.92. The molecule has 0 fully saturated rings. The maximum Gasteiger partial charge on any atom is 0.263 e. The third-order valence-electron chi connectivity index (χ3n) is 2.86. The van der Waals surface area contributed by atoms with Gasteiger partial charge in [-0.05, 0) is 36.8 Å². The third kappa shape index (κ3) is 3.40. The Balaban J connectivity index is 2.37. The van der Waals surface area contributed by atoms with E-state index in [2.05, 4.69) is 4.72 Å². The van der Waals surface area contributed by atoms with Crippen molar-refractivity contribution in [2.24, 2.45) is 0 Å². The van der Waals surface area contributed by atoms with E-state index in [0.29, 0.717) is 17.1 Å². The van der Waals surface area contributed by atoms with Crippen LogP contribution in [0, 0.1) is 6.92 Å². The van der Waals surface area contributed by atoms with E-state index in [0.717, 1.165) is 5.56 Å². The minimum atomic E-state index is -3.78. The number of nitrogens with one attached hydrogen (secondary N) is 1. The molecule has 0 saturated carbocycles. The molecule has 112 valence electrons. The number of nitrogen functional groups attached to an aromatic ring is 1. The lowest BCUT2D eigenvalue weighted by atomic mass is 10.2. The normalized spacial score (nSPS) is 11.2. The van der Waals surface area contributed by atoms with Crippen LogP contribution in [0.3, 0.4) is 0 Å². The summed E-state index contributed by atoms with van der Waals surface area (Å²) in [6.07, 6.45) is 0. The van der Waals surface area contributed by atoms with Crippen molar-refractivity contribution in [3.8, 4) is 5.75 Å². The zero-order valence-electron chi connectivity index (χ0n) is 11.6. The van der Waals surface area contributed by atoms with Gasteiger partial charge in [0.1, 0.15) is 10.6 Å². The van der Waals surface area contributed by atoms with Crippen molar-refractivity contribution in [2.75, 3.05) is 17.6 Å². The van der Waals surface area contributed by atoms with E-state index in [1.54, 1.807) is 24.3 Å². The van der Waals surface area contributed by atoms with Crippen LogP contribution in [0.4, 0.5) is 11.4 Å². The summed E-state index contributed by atoms with van der Waals surface area (Å²) in [7, 11) is -2.32. The zero-order valence-corrected chi connectivity index (χ0v) is 13.1. The van der Waals surface area contributed by atoms with Gasteiger partial charge in [-0.25, -0.2) is 8.42 Å². The Labute approximate surface area is 128 Å². The molecule has 3 N–H and O–H groups in total. The van der Waals surface area contributed by atoms with Crippen molar-refractivity contribution >= 4 is 33.0 Å². The number of nitrogens with two attached hydrogens (primary N) is 1. The molecular formula is C14H15ClN2O3S. The lowest BCUT2D eigenvalue weighted by molar-refractivity contribution is 0.417. The highest BCUT2D eigenvalue weighted by molar-refractivity contribution is 7.92. The molecule has 2 aromatic carbocycles. The number of halogens is 1. The number of sulfonamides is 1. The minimum absolute atomic E-state index is 0.0190. The summed E-state index contributed by atoms with van der Waals surface area (Å²) in [6.45, 7) is 1.83. The summed E-state index contributed by atoms with van der Waals surface area (Å²) in [5, 5.41) is 0.171. The summed E-state index contributed by atoms with van der Waals surface area (Å²) < 4.78 is 32.2. The van der Waals surface area contributed by atoms with Gasteiger partial charge in [-0.3, -0.25) is 4.72 Å². The van der Waals surface area contributed by atoms with Crippen LogP contribution in [0.2, 0.25) is 5.02 Å². The Kier molecular flexibility index (Phi) is 4.29. The first-order valence-electron chi connectivity index (χ1n) is 6.06. The minimum Gasteiger partial charge on any atom is -0.495 e. The lowest BCUT2D eigenvalue weighted by Gasteiger charge is -2.12. The Morgan fingerprint density at radius 3 is 2.52 bits per heavy atom. The molecule has 5 nitrogen and oxygen atoms in total. The van der Waals surface area contributed by atoms with E-state index in [1.807, 2.05) is 6.92 Å². The monoisotopic (exact) mass is 326 g/mol. The molecule has 0 unspecified atom stereocenters. The number of methoxy groups -OCH3 is 1. The van der Waals surface area contributed by atoms with Gasteiger partial charge in [-0.2, -0.15) is 0 Å². The molecule has 0 aliphatic heterocycles. The van der Waals surface area contributed by atoms with E-state index >= 15 is 0 Å². The summed E-state index contributed by atoms with van der Waals surface area (Å²) >= 11 is 6.00. The zero-order chi connectivity index (χ0) is 15.6. The second-order valence-corrected chi connectivity index (χ2v) is 6.55. The van der Waals surface area contributed by atoms with Crippen LogP contribution < -0.4 is 15.2 Å². The highest BCUT2D eigenvalue weighted by Crippen LogP contribution is 2.28. The molecular weight excluding hydrogens is 312 g/mol. The van der Waals surface area contributed by atoms with Crippen LogP contribution >= 0.6 is 11.6 Å². The molecule has 21 heavy (non-hydrogen) atoms. The van der Waals surface area contributed by atoms with Crippen LogP contribution in [0.5, 0.6) is 5.75 Å². The molecule has 2 rings (SSSR count). The first-order chi connectivity index (χ1) is 9.83. The van der Waals surface area contributed by atoms with Gasteiger partial charge in [-0.1, -0.05) is 17.7 Å². The van der Waals surface area contributed by atoms with Crippen molar-refractivity contribution in [3.05, 3.63) is 47.0 Å². The second kappa shape index (κ2) is 5.83. The van der Waals surface area contributed by atoms with Crippen molar-refractivity contribution in [2.45, 2.75) is 11.8 Å². The van der Waals surface area contributed by atoms with Crippen molar-refractivity contribution < 1.29 is 13.2 Å². The van der Waals surface area contributed by atoms with Gasteiger partial charge in [-0.15, -0.1) is 0 Å². The molecule has 0 atom stereocenters. The predicted molar refractivity (Wildman–Crippen MR) is 84.4 cm³/mol. The molecule has 0 amide bonds. The molecule has 0 radical (unpaired) electrons. The average Bonchev–Trinajstić information content (AvgIpc) is 2.40. The molecule has 0 bridgehead atoms. The number of anilines is 2. The van der Waals surface area contributed by atoms with Gasteiger partial charge in [0.25, 0.3) is 10.0 Å². The van der Waals surface area contributed by atoms with Crippen LogP contribution in [0.15, 0.2) is 41.3 Å². The number of hydrogen-bond donors (Lipinski definition) is 2. The molecule has 0 aliphatic rings. The molecule has 0 heterocycles. The van der Waals surface area contributed by atoms with Gasteiger partial charge in [0, 0.05) is 6.07 Å². The summed E-state index contributed by atoms with van der Waals surface area (Å²) in [4.78, 5) is 0.0190. The molecule has 2 aromatic rings. The molecule has 7 heteroatoms. The summed E-state index contributed by atoms with van der Waals surface area (Å²) in [5.41, 5.74) is 7.34. The van der Waals surface area contributed by atoms with E-state index in [9.17, 15) is 8.42 Å². The van der Waals surface area contributed by atoms with Crippen LogP contribution in [0.25, 0.3) is 0 Å². The summed E-state index contributed by atoms with van der Waals surface area (Å²) in [6, 6.07) is 9.37. The number of hydrogen-bond acceptors (Lipinski definition) is 4. The maximum absolute atomic E-state index is 12.4. The van der Waals surface area contributed by atoms with Gasteiger partial charge >= 0.3 is 0 Å². The highest BCUT2D eigenvalue weighted by atomic mass is 35.5. The topological polar surface area (TPSA) is 81.4 Å². The standard InChI is InChI=1S/C14H15ClN2O3S/c1-9-3-6-14(11(15)7-9)21(18,19)17-10-4-5-12(16)13(8-10)20-2/h3-8,17H,16H2,1-2H3. The number of aryl methyl sites for hydroxylation is 1. The van der Waals surface area contributed by atoms with Crippen LogP contribution in [-0.4, -0.2) is 15.5 Å². The second-order valence-electron chi connectivity index (χ2n) is 4.50. The Morgan fingerprint density at radius 2 is 1.90 bits per heavy atom. The molecule has 0 aliphatic carbocycles. The number of ether oxygens (including phenoxy) is 1. The van der Waals surface area contributed by atoms with Crippen molar-refractivity contribution in [3.63, 3.8) is 0 Å². The fourth-order valence-corrected chi connectivity index (χ4v) is 3.46. The van der Waals surface area contributed by atoms with E-state index in [-0.39, 0.29) is 9.92 Å². The smallest absolute Gasteiger partial charge is 0.263 e. The Bertz CT molecular complexity index is 776. The van der Waals surface area contributed by atoms with E-state index in [1.165, 1.54) is 19.2 Å². The predicted octanol–water partition coefficient (Wildman–Crippen LogP) is 3.04. The molecule has 0 saturated heterocycles. The van der Waals surface area contributed by atoms with Crippen LogP contribution in [-0.2, 0) is 10.0 Å². The van der Waals surface area contributed by atoms with Gasteiger partial charge in [0.2, 0.25) is 0 Å². The summed E-state index contributed by atoms with van der Waals surface area (Å²) in [5.74, 6) is 0.394. The van der Waals surface area contributed by atoms with Crippen LogP contribution in [0.1, 0.15) is 5.56 Å². The van der Waals surface area contributed by atoms with Gasteiger partial charge in [0.15, 0.2) is 0 Å². The SMILES string of the molecule is COc1cc(NS(=O)(=O)c2ccc(C)cc2Cl)ccc1N. The van der Waals surface area contributed by atoms with Gasteiger partial charge < -0.3 is 10.5 Å². The fourth-order valence-electron chi connectivity index (χ4n) is 1.81. The van der Waals surface area contributed by atoms with E-state index in [4.69, 9.17) is 22.1 Å². The highest BCUT2D eigenvalue weighted by Gasteiger charge is 2.18. The molecule has 0 aromatic heterocycles.